The molecule has 0 spiro atoms. The molecule has 2 heterocycles. The van der Waals surface area contributed by atoms with Gasteiger partial charge in [-0.05, 0) is 41.4 Å². The summed E-state index contributed by atoms with van der Waals surface area (Å²) in [5, 5.41) is 7.75. The van der Waals surface area contributed by atoms with Gasteiger partial charge in [0, 0.05) is 23.6 Å². The van der Waals surface area contributed by atoms with Crippen LogP contribution in [0.4, 0.5) is 5.69 Å². The van der Waals surface area contributed by atoms with E-state index in [1.54, 1.807) is 17.5 Å². The van der Waals surface area contributed by atoms with Crippen LogP contribution in [0.15, 0.2) is 35.3 Å². The third-order valence-corrected chi connectivity index (χ3v) is 3.37. The van der Waals surface area contributed by atoms with E-state index >= 15 is 0 Å². The second-order valence-corrected chi connectivity index (χ2v) is 4.73. The molecular weight excluding hydrogens is 230 g/mol. The summed E-state index contributed by atoms with van der Waals surface area (Å²) in [5.41, 5.74) is 9.12. The van der Waals surface area contributed by atoms with E-state index in [0.29, 0.717) is 0 Å². The highest BCUT2D eigenvalue weighted by molar-refractivity contribution is 7.08. The lowest BCUT2D eigenvalue weighted by Crippen LogP contribution is -2.23. The third kappa shape index (κ3) is 2.84. The Balaban J connectivity index is 2.30. The maximum Gasteiger partial charge on any atom is 0.0620 e. The molecule has 2 rings (SSSR count). The second-order valence-electron chi connectivity index (χ2n) is 3.95. The van der Waals surface area contributed by atoms with Gasteiger partial charge in [-0.25, -0.2) is 0 Å². The molecular formula is C13H17N3S. The van der Waals surface area contributed by atoms with Crippen molar-refractivity contribution in [2.45, 2.75) is 19.4 Å². The number of nitrogens with one attached hydrogen (secondary N) is 1. The Morgan fingerprint density at radius 1 is 1.47 bits per heavy atom. The summed E-state index contributed by atoms with van der Waals surface area (Å²) in [4.78, 5) is 4.17. The second kappa shape index (κ2) is 5.80. The summed E-state index contributed by atoms with van der Waals surface area (Å²) in [7, 11) is 0. The molecule has 3 nitrogen and oxygen atoms in total. The summed E-state index contributed by atoms with van der Waals surface area (Å²) >= 11 is 1.70. The molecule has 0 aliphatic heterocycles. The molecule has 0 aliphatic carbocycles. The van der Waals surface area contributed by atoms with Gasteiger partial charge < -0.3 is 11.1 Å². The predicted octanol–water partition coefficient (Wildman–Crippen LogP) is 2.81. The number of anilines is 1. The highest BCUT2D eigenvalue weighted by Gasteiger charge is 2.16. The number of rotatable bonds is 5. The Morgan fingerprint density at radius 3 is 3.00 bits per heavy atom. The maximum absolute atomic E-state index is 6.02. The summed E-state index contributed by atoms with van der Waals surface area (Å²) in [6, 6.07) is 4.13. The zero-order valence-corrected chi connectivity index (χ0v) is 10.7. The average Bonchev–Trinajstić information content (AvgIpc) is 2.85. The van der Waals surface area contributed by atoms with E-state index in [2.05, 4.69) is 34.1 Å². The Bertz CT molecular complexity index is 453. The van der Waals surface area contributed by atoms with E-state index in [-0.39, 0.29) is 6.04 Å². The van der Waals surface area contributed by atoms with Gasteiger partial charge in [0.15, 0.2) is 0 Å². The quantitative estimate of drug-likeness (QED) is 0.854. The van der Waals surface area contributed by atoms with Crippen LogP contribution in [-0.2, 0) is 0 Å². The van der Waals surface area contributed by atoms with Gasteiger partial charge in [-0.1, -0.05) is 6.92 Å². The van der Waals surface area contributed by atoms with Crippen LogP contribution in [0.2, 0.25) is 0 Å². The van der Waals surface area contributed by atoms with Gasteiger partial charge in [-0.2, -0.15) is 11.3 Å². The standard InChI is InChI=1S/C13H17N3S/c1-2-5-16-13(10-4-7-17-9-10)11-8-15-6-3-12(11)14/h3-4,6-9,13,16H,2,5H2,1H3,(H2,14,15). The van der Waals surface area contributed by atoms with Crippen LogP contribution < -0.4 is 11.1 Å². The minimum absolute atomic E-state index is 0.148. The van der Waals surface area contributed by atoms with Crippen molar-refractivity contribution in [3.63, 3.8) is 0 Å². The Morgan fingerprint density at radius 2 is 2.35 bits per heavy atom. The number of nitrogens with zero attached hydrogens (tertiary/aromatic N) is 1. The SMILES string of the molecule is CCCNC(c1ccsc1)c1cnccc1N. The van der Waals surface area contributed by atoms with Crippen molar-refractivity contribution >= 4 is 17.0 Å². The van der Waals surface area contributed by atoms with E-state index in [1.165, 1.54) is 5.56 Å². The molecule has 1 unspecified atom stereocenters. The normalized spacial score (nSPS) is 12.5. The molecule has 17 heavy (non-hydrogen) atoms. The first kappa shape index (κ1) is 12.1. The fourth-order valence-corrected chi connectivity index (χ4v) is 2.48. The molecule has 0 aliphatic rings. The van der Waals surface area contributed by atoms with Crippen molar-refractivity contribution in [3.05, 3.63) is 46.4 Å². The first-order valence-corrected chi connectivity index (χ1v) is 6.72. The molecule has 0 radical (unpaired) electrons. The maximum atomic E-state index is 6.02. The molecule has 0 amide bonds. The molecule has 0 saturated heterocycles. The lowest BCUT2D eigenvalue weighted by atomic mass is 10.0. The molecule has 90 valence electrons. The smallest absolute Gasteiger partial charge is 0.0620 e. The molecule has 1 atom stereocenters. The number of nitrogen functional groups attached to an aromatic ring is 1. The van der Waals surface area contributed by atoms with Crippen molar-refractivity contribution in [1.82, 2.24) is 10.3 Å². The summed E-state index contributed by atoms with van der Waals surface area (Å²) < 4.78 is 0. The van der Waals surface area contributed by atoms with E-state index in [1.807, 2.05) is 12.3 Å². The highest BCUT2D eigenvalue weighted by Crippen LogP contribution is 2.27. The molecule has 0 bridgehead atoms. The first-order valence-electron chi connectivity index (χ1n) is 5.77. The molecule has 0 aromatic carbocycles. The molecule has 3 N–H and O–H groups in total. The fourth-order valence-electron chi connectivity index (χ4n) is 1.79. The predicted molar refractivity (Wildman–Crippen MR) is 73.1 cm³/mol. The molecule has 2 aromatic heterocycles. The van der Waals surface area contributed by atoms with Crippen molar-refractivity contribution < 1.29 is 0 Å². The van der Waals surface area contributed by atoms with Crippen LogP contribution in [-0.4, -0.2) is 11.5 Å². The van der Waals surface area contributed by atoms with Crippen molar-refractivity contribution in [2.24, 2.45) is 0 Å². The summed E-state index contributed by atoms with van der Waals surface area (Å²) in [6.45, 7) is 3.12. The number of hydrogen-bond donors (Lipinski definition) is 2. The van der Waals surface area contributed by atoms with Gasteiger partial charge in [0.25, 0.3) is 0 Å². The highest BCUT2D eigenvalue weighted by atomic mass is 32.1. The fraction of sp³-hybridized carbons (Fsp3) is 0.308. The lowest BCUT2D eigenvalue weighted by Gasteiger charge is -2.19. The minimum Gasteiger partial charge on any atom is -0.398 e. The first-order chi connectivity index (χ1) is 8.33. The lowest BCUT2D eigenvalue weighted by molar-refractivity contribution is 0.600. The number of pyridine rings is 1. The largest absolute Gasteiger partial charge is 0.398 e. The zero-order valence-electron chi connectivity index (χ0n) is 9.89. The minimum atomic E-state index is 0.148. The summed E-state index contributed by atoms with van der Waals surface area (Å²) in [5.74, 6) is 0. The van der Waals surface area contributed by atoms with Gasteiger partial charge in [-0.3, -0.25) is 4.98 Å². The molecule has 2 aromatic rings. The Hall–Kier alpha value is -1.39. The number of thiophene rings is 1. The van der Waals surface area contributed by atoms with Crippen LogP contribution >= 0.6 is 11.3 Å². The Kier molecular flexibility index (Phi) is 4.12. The molecule has 0 saturated carbocycles. The van der Waals surface area contributed by atoms with Crippen LogP contribution in [0.1, 0.15) is 30.5 Å². The van der Waals surface area contributed by atoms with Gasteiger partial charge >= 0.3 is 0 Å². The average molecular weight is 247 g/mol. The van der Waals surface area contributed by atoms with Crippen molar-refractivity contribution in [2.75, 3.05) is 12.3 Å². The number of nitrogens with two attached hydrogens (primary N) is 1. The van der Waals surface area contributed by atoms with Crippen LogP contribution in [0.25, 0.3) is 0 Å². The topological polar surface area (TPSA) is 50.9 Å². The van der Waals surface area contributed by atoms with Crippen molar-refractivity contribution in [3.8, 4) is 0 Å². The Labute approximate surface area is 106 Å². The molecule has 4 heteroatoms. The van der Waals surface area contributed by atoms with Crippen molar-refractivity contribution in [1.29, 1.82) is 0 Å². The zero-order chi connectivity index (χ0) is 12.1. The number of aromatic nitrogens is 1. The van der Waals surface area contributed by atoms with Crippen LogP contribution in [0, 0.1) is 0 Å². The van der Waals surface area contributed by atoms with Gasteiger partial charge in [0.2, 0.25) is 0 Å². The van der Waals surface area contributed by atoms with Gasteiger partial charge in [0.1, 0.15) is 0 Å². The van der Waals surface area contributed by atoms with Crippen LogP contribution in [0.5, 0.6) is 0 Å². The van der Waals surface area contributed by atoms with Gasteiger partial charge in [-0.15, -0.1) is 0 Å². The summed E-state index contributed by atoms with van der Waals surface area (Å²) in [6.07, 6.45) is 4.67. The third-order valence-electron chi connectivity index (χ3n) is 2.67. The van der Waals surface area contributed by atoms with E-state index in [0.717, 1.165) is 24.2 Å². The van der Waals surface area contributed by atoms with Gasteiger partial charge in [0.05, 0.1) is 6.04 Å². The number of hydrogen-bond acceptors (Lipinski definition) is 4. The van der Waals surface area contributed by atoms with E-state index < -0.39 is 0 Å². The molecule has 0 fully saturated rings. The van der Waals surface area contributed by atoms with E-state index in [4.69, 9.17) is 5.73 Å². The monoisotopic (exact) mass is 247 g/mol. The van der Waals surface area contributed by atoms with E-state index in [9.17, 15) is 0 Å². The van der Waals surface area contributed by atoms with Crippen LogP contribution in [0.3, 0.4) is 0 Å².